The molecule has 0 aliphatic heterocycles. The van der Waals surface area contributed by atoms with Crippen LogP contribution in [0.4, 0.5) is 0 Å². The Hall–Kier alpha value is -2.61. The van der Waals surface area contributed by atoms with Crippen molar-refractivity contribution < 1.29 is 4.52 Å². The van der Waals surface area contributed by atoms with Crippen molar-refractivity contribution in [3.8, 4) is 6.07 Å². The van der Waals surface area contributed by atoms with Crippen LogP contribution in [0.15, 0.2) is 35.0 Å². The molecular weight excluding hydrogens is 252 g/mol. The fourth-order valence-electron chi connectivity index (χ4n) is 2.28. The number of nitriles is 1. The average Bonchev–Trinajstić information content (AvgIpc) is 3.07. The van der Waals surface area contributed by atoms with E-state index in [4.69, 9.17) is 9.78 Å². The zero-order chi connectivity index (χ0) is 13.9. The molecule has 0 aliphatic carbocycles. The van der Waals surface area contributed by atoms with Gasteiger partial charge in [0.05, 0.1) is 18.2 Å². The number of nitrogens with zero attached hydrogens (tertiary/aromatic N) is 4. The number of hydrogen-bond acceptors (Lipinski definition) is 4. The first-order chi connectivity index (χ1) is 9.81. The topological polar surface area (TPSA) is 67.6 Å². The summed E-state index contributed by atoms with van der Waals surface area (Å²) in [5.41, 5.74) is 1.69. The second-order valence-electron chi connectivity index (χ2n) is 4.65. The van der Waals surface area contributed by atoms with Gasteiger partial charge in [0.1, 0.15) is 0 Å². The van der Waals surface area contributed by atoms with Crippen LogP contribution in [0.1, 0.15) is 30.6 Å². The molecule has 1 aromatic carbocycles. The summed E-state index contributed by atoms with van der Waals surface area (Å²) in [5.74, 6) is 1.34. The Kier molecular flexibility index (Phi) is 3.21. The van der Waals surface area contributed by atoms with Crippen LogP contribution in [0.2, 0.25) is 0 Å². The quantitative estimate of drug-likeness (QED) is 0.728. The van der Waals surface area contributed by atoms with E-state index in [1.54, 1.807) is 0 Å². The second-order valence-corrected chi connectivity index (χ2v) is 4.65. The van der Waals surface area contributed by atoms with Gasteiger partial charge in [-0.1, -0.05) is 18.1 Å². The molecule has 0 saturated heterocycles. The standard InChI is InChI=1S/C15H14N4O/c1-2-4-15-17-14(18-20-15)10-19-8-7-12-11(9-16)5-3-6-13(12)19/h3,5-8H,2,4,10H2,1H3. The van der Waals surface area contributed by atoms with E-state index >= 15 is 0 Å². The lowest BCUT2D eigenvalue weighted by molar-refractivity contribution is 0.371. The number of fused-ring (bicyclic) bond motifs is 1. The Bertz CT molecular complexity index is 779. The summed E-state index contributed by atoms with van der Waals surface area (Å²) in [5, 5.41) is 14.0. The third-order valence-corrected chi connectivity index (χ3v) is 3.22. The third-order valence-electron chi connectivity index (χ3n) is 3.22. The highest BCUT2D eigenvalue weighted by Crippen LogP contribution is 2.20. The molecule has 2 aromatic heterocycles. The predicted molar refractivity (Wildman–Crippen MR) is 74.0 cm³/mol. The summed E-state index contributed by atoms with van der Waals surface area (Å²) in [7, 11) is 0. The predicted octanol–water partition coefficient (Wildman–Crippen LogP) is 2.90. The molecular formula is C15H14N4O. The maximum atomic E-state index is 9.10. The maximum Gasteiger partial charge on any atom is 0.226 e. The molecule has 0 spiro atoms. The van der Waals surface area contributed by atoms with Gasteiger partial charge >= 0.3 is 0 Å². The molecule has 3 aromatic rings. The molecule has 5 nitrogen and oxygen atoms in total. The number of aromatic nitrogens is 3. The summed E-state index contributed by atoms with van der Waals surface area (Å²) in [6.07, 6.45) is 3.74. The van der Waals surface area contributed by atoms with Crippen molar-refractivity contribution in [2.75, 3.05) is 0 Å². The van der Waals surface area contributed by atoms with Gasteiger partial charge in [-0.25, -0.2) is 0 Å². The average molecular weight is 266 g/mol. The molecule has 20 heavy (non-hydrogen) atoms. The van der Waals surface area contributed by atoms with Crippen LogP contribution >= 0.6 is 0 Å². The van der Waals surface area contributed by atoms with Crippen LogP contribution in [0, 0.1) is 11.3 Å². The zero-order valence-corrected chi connectivity index (χ0v) is 11.2. The lowest BCUT2D eigenvalue weighted by Crippen LogP contribution is -2.00. The minimum atomic E-state index is 0.547. The van der Waals surface area contributed by atoms with E-state index in [-0.39, 0.29) is 0 Å². The Labute approximate surface area is 116 Å². The molecule has 0 N–H and O–H groups in total. The normalized spacial score (nSPS) is 10.8. The smallest absolute Gasteiger partial charge is 0.226 e. The number of benzene rings is 1. The van der Waals surface area contributed by atoms with Gasteiger partial charge in [0.25, 0.3) is 0 Å². The van der Waals surface area contributed by atoms with Crippen molar-refractivity contribution in [3.63, 3.8) is 0 Å². The minimum absolute atomic E-state index is 0.547. The van der Waals surface area contributed by atoms with Crippen LogP contribution < -0.4 is 0 Å². The van der Waals surface area contributed by atoms with Crippen LogP contribution in [0.5, 0.6) is 0 Å². The minimum Gasteiger partial charge on any atom is -0.340 e. The largest absolute Gasteiger partial charge is 0.340 e. The number of aryl methyl sites for hydroxylation is 1. The van der Waals surface area contributed by atoms with Crippen molar-refractivity contribution in [2.45, 2.75) is 26.3 Å². The van der Waals surface area contributed by atoms with Crippen LogP contribution in [-0.4, -0.2) is 14.7 Å². The van der Waals surface area contributed by atoms with Gasteiger partial charge in [0, 0.05) is 23.5 Å². The van der Waals surface area contributed by atoms with E-state index in [0.717, 1.165) is 23.7 Å². The van der Waals surface area contributed by atoms with Crippen molar-refractivity contribution >= 4 is 10.9 Å². The second kappa shape index (κ2) is 5.17. The van der Waals surface area contributed by atoms with Gasteiger partial charge in [0.2, 0.25) is 5.89 Å². The first-order valence-electron chi connectivity index (χ1n) is 6.61. The Morgan fingerprint density at radius 3 is 3.05 bits per heavy atom. The lowest BCUT2D eigenvalue weighted by atomic mass is 10.1. The van der Waals surface area contributed by atoms with E-state index in [1.807, 2.05) is 35.0 Å². The van der Waals surface area contributed by atoms with Gasteiger partial charge in [-0.15, -0.1) is 0 Å². The molecule has 0 saturated carbocycles. The van der Waals surface area contributed by atoms with Gasteiger partial charge in [0.15, 0.2) is 5.82 Å². The van der Waals surface area contributed by atoms with Crippen molar-refractivity contribution in [2.24, 2.45) is 0 Å². The van der Waals surface area contributed by atoms with E-state index in [9.17, 15) is 0 Å². The van der Waals surface area contributed by atoms with Crippen LogP contribution in [0.25, 0.3) is 10.9 Å². The molecule has 2 heterocycles. The van der Waals surface area contributed by atoms with E-state index in [1.165, 1.54) is 0 Å². The van der Waals surface area contributed by atoms with Crippen LogP contribution in [-0.2, 0) is 13.0 Å². The first kappa shape index (κ1) is 12.4. The highest BCUT2D eigenvalue weighted by Gasteiger charge is 2.09. The zero-order valence-electron chi connectivity index (χ0n) is 11.2. The van der Waals surface area contributed by atoms with Crippen molar-refractivity contribution in [1.82, 2.24) is 14.7 Å². The third kappa shape index (κ3) is 2.16. The molecule has 0 unspecified atom stereocenters. The molecule has 0 amide bonds. The monoisotopic (exact) mass is 266 g/mol. The Morgan fingerprint density at radius 2 is 2.25 bits per heavy atom. The lowest BCUT2D eigenvalue weighted by Gasteiger charge is -2.01. The van der Waals surface area contributed by atoms with E-state index in [0.29, 0.717) is 23.8 Å². The van der Waals surface area contributed by atoms with Crippen molar-refractivity contribution in [1.29, 1.82) is 5.26 Å². The SMILES string of the molecule is CCCc1nc(Cn2ccc3c(C#N)cccc32)no1. The van der Waals surface area contributed by atoms with Crippen molar-refractivity contribution in [3.05, 3.63) is 47.7 Å². The number of hydrogen-bond donors (Lipinski definition) is 0. The maximum absolute atomic E-state index is 9.10. The summed E-state index contributed by atoms with van der Waals surface area (Å²) < 4.78 is 7.21. The molecule has 0 bridgehead atoms. The molecule has 0 aliphatic rings. The summed E-state index contributed by atoms with van der Waals surface area (Å²) >= 11 is 0. The number of rotatable bonds is 4. The molecule has 100 valence electrons. The Balaban J connectivity index is 1.93. The summed E-state index contributed by atoms with van der Waals surface area (Å²) in [4.78, 5) is 4.36. The highest BCUT2D eigenvalue weighted by atomic mass is 16.5. The van der Waals surface area contributed by atoms with Gasteiger partial charge in [-0.2, -0.15) is 10.2 Å². The molecule has 0 fully saturated rings. The Morgan fingerprint density at radius 1 is 1.35 bits per heavy atom. The van der Waals surface area contributed by atoms with E-state index in [2.05, 4.69) is 23.1 Å². The molecule has 5 heteroatoms. The fourth-order valence-corrected chi connectivity index (χ4v) is 2.28. The first-order valence-corrected chi connectivity index (χ1v) is 6.61. The van der Waals surface area contributed by atoms with Gasteiger partial charge in [-0.05, 0) is 24.6 Å². The summed E-state index contributed by atoms with van der Waals surface area (Å²) in [6, 6.07) is 9.84. The fraction of sp³-hybridized carbons (Fsp3) is 0.267. The highest BCUT2D eigenvalue weighted by molar-refractivity contribution is 5.86. The molecule has 0 radical (unpaired) electrons. The van der Waals surface area contributed by atoms with Gasteiger partial charge in [-0.3, -0.25) is 0 Å². The van der Waals surface area contributed by atoms with Crippen LogP contribution in [0.3, 0.4) is 0 Å². The van der Waals surface area contributed by atoms with E-state index < -0.39 is 0 Å². The molecule has 3 rings (SSSR count). The van der Waals surface area contributed by atoms with Gasteiger partial charge < -0.3 is 9.09 Å². The molecule has 0 atom stereocenters. The summed E-state index contributed by atoms with van der Waals surface area (Å²) in [6.45, 7) is 2.62.